The quantitative estimate of drug-likeness (QED) is 0.0316. The normalized spacial score (nSPS) is 14.7. The second-order valence-corrected chi connectivity index (χ2v) is 35.2. The molecule has 0 aromatic heterocycles. The van der Waals surface area contributed by atoms with Gasteiger partial charge in [-0.05, 0) is 181 Å². The third-order valence-electron chi connectivity index (χ3n) is 18.9. The van der Waals surface area contributed by atoms with Crippen molar-refractivity contribution in [3.05, 3.63) is 71.8 Å². The number of aliphatic carboxylic acids is 1. The zero-order valence-corrected chi connectivity index (χ0v) is 74.5. The Morgan fingerprint density at radius 2 is 0.708 bits per heavy atom. The molecule has 35 nitrogen and oxygen atoms in total. The molecule has 120 heavy (non-hydrogen) atoms. The van der Waals surface area contributed by atoms with Gasteiger partial charge in [-0.25, -0.2) is 19.2 Å². The van der Waals surface area contributed by atoms with Crippen LogP contribution in [0.25, 0.3) is 0 Å². The molecule has 0 saturated heterocycles. The molecule has 0 aliphatic heterocycles. The topological polar surface area (TPSA) is 516 Å². The smallest absolute Gasteiger partial charge is 0.408 e. The van der Waals surface area contributed by atoms with Crippen molar-refractivity contribution in [3.8, 4) is 0 Å². The highest BCUT2D eigenvalue weighted by Crippen LogP contribution is 2.18. The van der Waals surface area contributed by atoms with Gasteiger partial charge in [0.2, 0.25) is 65.0 Å². The van der Waals surface area contributed by atoms with E-state index in [0.717, 1.165) is 4.90 Å². The van der Waals surface area contributed by atoms with Gasteiger partial charge in [-0.15, -0.1) is 0 Å². The zero-order valence-electron chi connectivity index (χ0n) is 74.5. The minimum absolute atomic E-state index is 0.0175. The van der Waals surface area contributed by atoms with Crippen LogP contribution < -0.4 is 80.6 Å². The van der Waals surface area contributed by atoms with Gasteiger partial charge in [-0.2, -0.15) is 0 Å². The number of rotatable bonds is 50. The predicted molar refractivity (Wildman–Crippen MR) is 454 cm³/mol. The van der Waals surface area contributed by atoms with Crippen LogP contribution in [0.5, 0.6) is 0 Å². The molecule has 0 spiro atoms. The average Bonchev–Trinajstić information content (AvgIpc) is 0.836. The number of carbonyl (C=O) groups is 15. The molecule has 2 rings (SSSR count). The Kier molecular flexibility index (Phi) is 46.0. The molecule has 676 valence electrons. The van der Waals surface area contributed by atoms with Gasteiger partial charge in [-0.1, -0.05) is 136 Å². The fourth-order valence-corrected chi connectivity index (χ4v) is 12.2. The van der Waals surface area contributed by atoms with Gasteiger partial charge in [-0.3, -0.25) is 52.7 Å². The highest BCUT2D eigenvalue weighted by molar-refractivity contribution is 5.99. The molecule has 0 aliphatic carbocycles. The summed E-state index contributed by atoms with van der Waals surface area (Å²) in [4.78, 5) is 209. The highest BCUT2D eigenvalue weighted by Gasteiger charge is 2.40. The number of nitrogens with zero attached hydrogens (tertiary/aromatic N) is 1. The number of benzene rings is 2. The summed E-state index contributed by atoms with van der Waals surface area (Å²) in [6.45, 7) is 33.7. The molecule has 35 heteroatoms. The molecule has 2 aromatic carbocycles. The lowest BCUT2D eigenvalue weighted by Gasteiger charge is -2.33. The number of likely N-dealkylation sites (N-methyl/N-ethyl adjacent to an activating group) is 1. The minimum atomic E-state index is -1.40. The zero-order chi connectivity index (χ0) is 91.1. The van der Waals surface area contributed by atoms with E-state index in [1.165, 1.54) is 14.0 Å². The fraction of sp³-hybridized carbons (Fsp3) is 0.682. The van der Waals surface area contributed by atoms with Crippen molar-refractivity contribution >= 4 is 89.2 Å². The summed E-state index contributed by atoms with van der Waals surface area (Å²) in [7, 11) is 1.33. The first kappa shape index (κ1) is 106. The van der Waals surface area contributed by atoms with Crippen molar-refractivity contribution in [2.45, 2.75) is 311 Å². The summed E-state index contributed by atoms with van der Waals surface area (Å²) < 4.78 is 16.1. The van der Waals surface area contributed by atoms with Gasteiger partial charge in [0, 0.05) is 39.5 Å². The maximum absolute atomic E-state index is 14.8. The molecular formula is C85H142N16O19. The molecule has 0 bridgehead atoms. The van der Waals surface area contributed by atoms with Gasteiger partial charge in [0.15, 0.2) is 0 Å². The molecule has 0 saturated carbocycles. The van der Waals surface area contributed by atoms with Crippen LogP contribution in [0, 0.1) is 29.6 Å². The Hall–Kier alpha value is -10.2. The summed E-state index contributed by atoms with van der Waals surface area (Å²) in [5.74, 6) is -11.6. The maximum atomic E-state index is 14.8. The first-order valence-corrected chi connectivity index (χ1v) is 41.8. The second kappa shape index (κ2) is 52.1. The summed E-state index contributed by atoms with van der Waals surface area (Å²) in [5.41, 5.74) is 10.5. The molecule has 0 unspecified atom stereocenters. The Bertz CT molecular complexity index is 3640. The Morgan fingerprint density at radius 3 is 1.16 bits per heavy atom. The van der Waals surface area contributed by atoms with Crippen molar-refractivity contribution in [2.75, 3.05) is 33.2 Å². The lowest BCUT2D eigenvalue weighted by atomic mass is 9.98. The van der Waals surface area contributed by atoms with E-state index in [4.69, 9.17) is 25.7 Å². The maximum Gasteiger partial charge on any atom is 0.408 e. The number of carboxylic acid groups (broad SMARTS) is 1. The first-order chi connectivity index (χ1) is 55.8. The van der Waals surface area contributed by atoms with E-state index in [1.54, 1.807) is 178 Å². The minimum Gasteiger partial charge on any atom is -0.480 e. The number of hydrogen-bond donors (Lipinski definition) is 16. The summed E-state index contributed by atoms with van der Waals surface area (Å²) in [6.07, 6.45) is -0.239. The molecule has 0 aliphatic rings. The van der Waals surface area contributed by atoms with Crippen LogP contribution in [0.4, 0.5) is 14.4 Å². The molecule has 12 atom stereocenters. The number of nitrogens with two attached hydrogens (primary N) is 2. The molecule has 14 amide bonds. The van der Waals surface area contributed by atoms with Crippen molar-refractivity contribution in [2.24, 2.45) is 41.1 Å². The van der Waals surface area contributed by atoms with Crippen LogP contribution in [-0.2, 0) is 84.6 Å². The number of carbonyl (C=O) groups excluding carboxylic acids is 14. The number of carboxylic acids is 1. The van der Waals surface area contributed by atoms with Crippen LogP contribution >= 0.6 is 0 Å². The van der Waals surface area contributed by atoms with E-state index in [-0.39, 0.29) is 76.9 Å². The van der Waals surface area contributed by atoms with Gasteiger partial charge in [0.1, 0.15) is 83.3 Å². The number of amides is 14. The molecule has 0 fully saturated rings. The van der Waals surface area contributed by atoms with Crippen LogP contribution in [0.2, 0.25) is 0 Å². The van der Waals surface area contributed by atoms with Crippen molar-refractivity contribution in [1.82, 2.24) is 74.0 Å². The van der Waals surface area contributed by atoms with Gasteiger partial charge in [0.05, 0.1) is 6.04 Å². The van der Waals surface area contributed by atoms with Crippen LogP contribution in [0.3, 0.4) is 0 Å². The van der Waals surface area contributed by atoms with E-state index in [9.17, 15) is 77.0 Å². The van der Waals surface area contributed by atoms with E-state index in [2.05, 4.69) is 69.1 Å². The Labute approximate surface area is 708 Å². The van der Waals surface area contributed by atoms with Crippen LogP contribution in [-0.4, -0.2) is 222 Å². The summed E-state index contributed by atoms with van der Waals surface area (Å²) >= 11 is 0. The largest absolute Gasteiger partial charge is 0.480 e. The highest BCUT2D eigenvalue weighted by atomic mass is 16.6. The van der Waals surface area contributed by atoms with Gasteiger partial charge >= 0.3 is 24.2 Å². The van der Waals surface area contributed by atoms with E-state index in [1.807, 2.05) is 13.8 Å². The van der Waals surface area contributed by atoms with Crippen LogP contribution in [0.15, 0.2) is 60.7 Å². The van der Waals surface area contributed by atoms with Crippen molar-refractivity contribution in [1.29, 1.82) is 0 Å². The van der Waals surface area contributed by atoms with Crippen LogP contribution in [0.1, 0.15) is 220 Å². The fourth-order valence-electron chi connectivity index (χ4n) is 12.2. The van der Waals surface area contributed by atoms with E-state index in [0.29, 0.717) is 49.8 Å². The summed E-state index contributed by atoms with van der Waals surface area (Å²) in [5, 5.41) is 45.1. The first-order valence-electron chi connectivity index (χ1n) is 41.8. The molecular weight excluding hydrogens is 1550 g/mol. The molecule has 2 aromatic rings. The standard InChI is InChI=1S/C85H142N16O19/c1-49(2)46-61(92-69(103)57(87)38-28-30-42-86)74(108)98-64(50(3)4)76(110)94-63(48-56-36-26-23-27-37-56)73(107)93-62(47-55-34-24-22-25-35-55)71(105)89-44-32-40-59(95-81(116)119-84(15,16)17)72(106)100-67(53(9)10)78(112)101(21)54(11)68(102)97-66(52(7)8)77(111)99-65(51(5)6)75(109)91-58(39-29-31-43-90-80(115)118-83(12,13)14)70(104)88-45-33-41-60(79(113)114)96-82(117)120-85(18,19)20/h22-27,34-37,49-54,57-67H,28-33,38-48,86-87H2,1-21H3,(H,88,104)(H,89,105)(H,90,115)(H,91,109)(H,92,103)(H,93,107)(H,94,110)(H,95,116)(H,96,117)(H,97,102)(H,98,108)(H,99,111)(H,100,106)(H,113,114)/t54-,57-,58-,59-,60-,61-,62-,63-,64-,65-,66-,67-/m0/s1. The molecule has 0 radical (unpaired) electrons. The van der Waals surface area contributed by atoms with Crippen molar-refractivity contribution < 1.29 is 91.2 Å². The van der Waals surface area contributed by atoms with Crippen molar-refractivity contribution in [3.63, 3.8) is 0 Å². The Morgan fingerprint density at radius 1 is 0.367 bits per heavy atom. The summed E-state index contributed by atoms with van der Waals surface area (Å²) in [6, 6.07) is 2.76. The predicted octanol–water partition coefficient (Wildman–Crippen LogP) is 4.68. The lowest BCUT2D eigenvalue weighted by molar-refractivity contribution is -0.143. The van der Waals surface area contributed by atoms with Gasteiger partial charge in [0.25, 0.3) is 0 Å². The average molecular weight is 1690 g/mol. The van der Waals surface area contributed by atoms with E-state index < -0.39 is 202 Å². The Balaban J connectivity index is 2.41. The number of alkyl carbamates (subject to hydrolysis) is 3. The number of hydrogen-bond acceptors (Lipinski definition) is 20. The number of nitrogens with one attached hydrogen (secondary N) is 13. The number of unbranched alkanes of at least 4 members (excludes halogenated alkanes) is 2. The third kappa shape index (κ3) is 41.7. The second-order valence-electron chi connectivity index (χ2n) is 35.2. The van der Waals surface area contributed by atoms with Gasteiger partial charge < -0.3 is 105 Å². The third-order valence-corrected chi connectivity index (χ3v) is 18.9. The monoisotopic (exact) mass is 1690 g/mol. The number of ether oxygens (including phenoxy) is 3. The molecule has 18 N–H and O–H groups in total. The SMILES string of the molecule is CC(C)C[C@H](NC(=O)[C@@H](N)CCCCN)C(=O)N[C@H](C(=O)N[C@@H](Cc1ccccc1)C(=O)N[C@@H](Cc1ccccc1)C(=O)NCCC[C@H](NC(=O)OC(C)(C)C)C(=O)N[C@H](C(=O)N(C)[C@@H](C)C(=O)N[C@H](C(=O)N[C@H](C(=O)N[C@@H](CCCCNC(=O)OC(C)(C)C)C(=O)NCCC[C@H](NC(=O)OC(C)(C)C)C(=O)O)C(C)C)C(C)C)C(C)C)C(C)C. The van der Waals surface area contributed by atoms with E-state index >= 15 is 0 Å². The lowest BCUT2D eigenvalue weighted by Crippen LogP contribution is -2.61. The molecule has 0 heterocycles.